The summed E-state index contributed by atoms with van der Waals surface area (Å²) in [5, 5.41) is 16.4. The number of hydrogen-bond acceptors (Lipinski definition) is 5. The van der Waals surface area contributed by atoms with Crippen LogP contribution in [0.1, 0.15) is 36.8 Å². The van der Waals surface area contributed by atoms with E-state index < -0.39 is 5.91 Å². The van der Waals surface area contributed by atoms with Crippen LogP contribution in [0.2, 0.25) is 0 Å². The Morgan fingerprint density at radius 2 is 1.96 bits per heavy atom. The van der Waals surface area contributed by atoms with Gasteiger partial charge in [0.1, 0.15) is 5.75 Å². The number of rotatable bonds is 3. The molecule has 0 bridgehead atoms. The molecule has 6 nitrogen and oxygen atoms in total. The fourth-order valence-electron chi connectivity index (χ4n) is 2.21. The van der Waals surface area contributed by atoms with Gasteiger partial charge in [-0.2, -0.15) is 0 Å². The summed E-state index contributed by atoms with van der Waals surface area (Å²) in [7, 11) is 0. The topological polar surface area (TPSA) is 88.5 Å². The molecule has 2 aromatic heterocycles. The minimum absolute atomic E-state index is 0.00824. The van der Waals surface area contributed by atoms with Crippen LogP contribution in [0.25, 0.3) is 11.5 Å². The number of hydrogen-bond donors (Lipinski definition) is 2. The molecule has 0 aliphatic heterocycles. The number of benzene rings is 1. The number of nitrogens with one attached hydrogen (secondary N) is 1. The second kappa shape index (κ2) is 5.88. The maximum Gasteiger partial charge on any atom is 0.277 e. The molecule has 3 rings (SSSR count). The number of aromatic hydroxyl groups is 1. The molecule has 0 atom stereocenters. The Balaban J connectivity index is 1.83. The van der Waals surface area contributed by atoms with Crippen LogP contribution in [0, 0.1) is 0 Å². The van der Waals surface area contributed by atoms with Crippen molar-refractivity contribution in [3.8, 4) is 17.3 Å². The molecule has 1 aromatic carbocycles. The van der Waals surface area contributed by atoms with E-state index in [1.165, 1.54) is 12.3 Å². The maximum atomic E-state index is 12.3. The first kappa shape index (κ1) is 15.9. The average Bonchev–Trinajstić information content (AvgIpc) is 3.19. The van der Waals surface area contributed by atoms with Gasteiger partial charge in [-0.1, -0.05) is 32.0 Å². The van der Waals surface area contributed by atoms with Gasteiger partial charge in [-0.15, -0.1) is 0 Å². The van der Waals surface area contributed by atoms with Crippen LogP contribution in [0.15, 0.2) is 51.6 Å². The van der Waals surface area contributed by atoms with E-state index >= 15 is 0 Å². The number of amides is 1. The van der Waals surface area contributed by atoms with E-state index in [1.807, 2.05) is 6.07 Å². The number of anilines is 1. The van der Waals surface area contributed by atoms with E-state index in [1.54, 1.807) is 24.3 Å². The van der Waals surface area contributed by atoms with Crippen LogP contribution >= 0.6 is 0 Å². The Kier molecular flexibility index (Phi) is 3.89. The average molecular weight is 326 g/mol. The Morgan fingerprint density at radius 3 is 2.62 bits per heavy atom. The maximum absolute atomic E-state index is 12.3. The molecular weight excluding hydrogens is 308 g/mol. The second-order valence-corrected chi connectivity index (χ2v) is 6.49. The van der Waals surface area contributed by atoms with Crippen molar-refractivity contribution in [1.29, 1.82) is 0 Å². The summed E-state index contributed by atoms with van der Waals surface area (Å²) in [6.45, 7) is 6.16. The highest BCUT2D eigenvalue weighted by Crippen LogP contribution is 2.31. The first-order valence-electron chi connectivity index (χ1n) is 7.50. The number of phenols is 1. The largest absolute Gasteiger partial charge is 0.506 e. The lowest BCUT2D eigenvalue weighted by atomic mass is 9.87. The van der Waals surface area contributed by atoms with Gasteiger partial charge in [-0.05, 0) is 35.2 Å². The lowest BCUT2D eigenvalue weighted by Crippen LogP contribution is -2.15. The molecule has 0 saturated heterocycles. The van der Waals surface area contributed by atoms with E-state index in [0.717, 1.165) is 5.56 Å². The molecule has 0 unspecified atom stereocenters. The molecule has 0 saturated carbocycles. The van der Waals surface area contributed by atoms with Crippen molar-refractivity contribution in [2.75, 3.05) is 5.32 Å². The Labute approximate surface area is 139 Å². The van der Waals surface area contributed by atoms with E-state index in [-0.39, 0.29) is 16.9 Å². The zero-order valence-corrected chi connectivity index (χ0v) is 13.7. The minimum atomic E-state index is -0.474. The monoisotopic (exact) mass is 326 g/mol. The number of carbonyl (C=O) groups excluding carboxylic acids is 1. The van der Waals surface area contributed by atoms with Gasteiger partial charge in [-0.3, -0.25) is 4.79 Å². The summed E-state index contributed by atoms with van der Waals surface area (Å²) in [5.74, 6) is 0.362. The third-order valence-corrected chi connectivity index (χ3v) is 3.62. The van der Waals surface area contributed by atoms with Crippen molar-refractivity contribution in [3.63, 3.8) is 0 Å². The zero-order chi connectivity index (χ0) is 17.3. The third-order valence-electron chi connectivity index (χ3n) is 3.62. The predicted molar refractivity (Wildman–Crippen MR) is 89.0 cm³/mol. The zero-order valence-electron chi connectivity index (χ0n) is 13.7. The Morgan fingerprint density at radius 1 is 1.17 bits per heavy atom. The summed E-state index contributed by atoms with van der Waals surface area (Å²) in [4.78, 5) is 12.3. The fourth-order valence-corrected chi connectivity index (χ4v) is 2.21. The molecule has 0 fully saturated rings. The number of furan rings is 1. The minimum Gasteiger partial charge on any atom is -0.506 e. The number of phenolic OH excluding ortho intramolecular Hbond substituents is 1. The lowest BCUT2D eigenvalue weighted by Gasteiger charge is -2.20. The molecule has 0 spiro atoms. The Bertz CT molecular complexity index is 858. The molecular formula is C18H18N2O4. The van der Waals surface area contributed by atoms with Gasteiger partial charge >= 0.3 is 0 Å². The number of aromatic nitrogens is 1. The smallest absolute Gasteiger partial charge is 0.277 e. The molecule has 3 aromatic rings. The fraction of sp³-hybridized carbons (Fsp3) is 0.222. The van der Waals surface area contributed by atoms with E-state index in [2.05, 4.69) is 31.2 Å². The highest BCUT2D eigenvalue weighted by atomic mass is 16.5. The highest BCUT2D eigenvalue weighted by molar-refractivity contribution is 6.04. The first-order valence-corrected chi connectivity index (χ1v) is 7.50. The van der Waals surface area contributed by atoms with Crippen molar-refractivity contribution in [2.24, 2.45) is 0 Å². The first-order chi connectivity index (χ1) is 11.3. The second-order valence-electron chi connectivity index (χ2n) is 6.49. The molecule has 0 radical (unpaired) electrons. The highest BCUT2D eigenvalue weighted by Gasteiger charge is 2.19. The van der Waals surface area contributed by atoms with Crippen LogP contribution in [0.3, 0.4) is 0 Å². The summed E-state index contributed by atoms with van der Waals surface area (Å²) in [6.07, 6.45) is 1.51. The van der Waals surface area contributed by atoms with Crippen LogP contribution in [0.5, 0.6) is 5.75 Å². The predicted octanol–water partition coefficient (Wildman–Crippen LogP) is 4.19. The Hall–Kier alpha value is -3.02. The number of nitrogens with zero attached hydrogens (tertiary/aromatic N) is 1. The summed E-state index contributed by atoms with van der Waals surface area (Å²) < 4.78 is 10.3. The van der Waals surface area contributed by atoms with Crippen LogP contribution in [-0.2, 0) is 5.41 Å². The normalized spacial score (nSPS) is 11.5. The molecule has 0 aliphatic rings. The molecule has 124 valence electrons. The standard InChI is InChI=1S/C18H18N2O4/c1-18(2,3)11-6-7-14(21)12(9-11)19-17(22)13-10-16(24-20-13)15-5-4-8-23-15/h4-10,21H,1-3H3,(H,19,22). The van der Waals surface area contributed by atoms with Gasteiger partial charge in [0.25, 0.3) is 5.91 Å². The summed E-state index contributed by atoms with van der Waals surface area (Å²) in [5.41, 5.74) is 1.32. The van der Waals surface area contributed by atoms with Crippen molar-refractivity contribution in [2.45, 2.75) is 26.2 Å². The van der Waals surface area contributed by atoms with Crippen LogP contribution in [0.4, 0.5) is 5.69 Å². The summed E-state index contributed by atoms with van der Waals surface area (Å²) in [6, 6.07) is 10.1. The molecule has 1 amide bonds. The van der Waals surface area contributed by atoms with Crippen LogP contribution in [-0.4, -0.2) is 16.2 Å². The van der Waals surface area contributed by atoms with Gasteiger partial charge in [0.2, 0.25) is 5.76 Å². The third kappa shape index (κ3) is 3.17. The van der Waals surface area contributed by atoms with E-state index in [9.17, 15) is 9.90 Å². The SMILES string of the molecule is CC(C)(C)c1ccc(O)c(NC(=O)c2cc(-c3ccco3)on2)c1. The quantitative estimate of drug-likeness (QED) is 0.705. The van der Waals surface area contributed by atoms with Crippen molar-refractivity contribution >= 4 is 11.6 Å². The van der Waals surface area contributed by atoms with Crippen LogP contribution < -0.4 is 5.32 Å². The van der Waals surface area contributed by atoms with E-state index in [4.69, 9.17) is 8.94 Å². The molecule has 0 aliphatic carbocycles. The molecule has 2 heterocycles. The lowest BCUT2D eigenvalue weighted by molar-refractivity contribution is 0.101. The number of carbonyl (C=O) groups is 1. The van der Waals surface area contributed by atoms with Gasteiger partial charge < -0.3 is 19.4 Å². The van der Waals surface area contributed by atoms with Gasteiger partial charge in [-0.25, -0.2) is 0 Å². The van der Waals surface area contributed by atoms with Crippen molar-refractivity contribution in [1.82, 2.24) is 5.16 Å². The summed E-state index contributed by atoms with van der Waals surface area (Å²) >= 11 is 0. The molecule has 2 N–H and O–H groups in total. The van der Waals surface area contributed by atoms with Crippen molar-refractivity contribution < 1.29 is 18.8 Å². The molecule has 24 heavy (non-hydrogen) atoms. The molecule has 6 heteroatoms. The van der Waals surface area contributed by atoms with Gasteiger partial charge in [0, 0.05) is 6.07 Å². The van der Waals surface area contributed by atoms with Gasteiger partial charge in [0.05, 0.1) is 12.0 Å². The van der Waals surface area contributed by atoms with Crippen molar-refractivity contribution in [3.05, 3.63) is 53.9 Å². The van der Waals surface area contributed by atoms with E-state index in [0.29, 0.717) is 17.2 Å². The van der Waals surface area contributed by atoms with Gasteiger partial charge in [0.15, 0.2) is 11.5 Å².